The Morgan fingerprint density at radius 2 is 2.27 bits per heavy atom. The van der Waals surface area contributed by atoms with Crippen molar-refractivity contribution in [3.63, 3.8) is 0 Å². The number of para-hydroxylation sites is 1. The summed E-state index contributed by atoms with van der Waals surface area (Å²) in [6.07, 6.45) is 0. The van der Waals surface area contributed by atoms with Crippen molar-refractivity contribution in [3.05, 3.63) is 29.0 Å². The Balaban J connectivity index is 2.80. The number of aryl methyl sites for hydroxylation is 1. The number of ether oxygens (including phenoxy) is 1. The molecule has 5 heteroatoms. The predicted octanol–water partition coefficient (Wildman–Crippen LogP) is 2.01. The van der Waals surface area contributed by atoms with Gasteiger partial charge in [0.15, 0.2) is 0 Å². The Kier molecular flexibility index (Phi) is 2.36. The lowest BCUT2D eigenvalue weighted by Crippen LogP contribution is -2.03. The average molecular weight is 225 g/mol. The van der Waals surface area contributed by atoms with Crippen LogP contribution >= 0.6 is 11.6 Å². The van der Waals surface area contributed by atoms with Crippen LogP contribution in [-0.2, 0) is 11.8 Å². The lowest BCUT2D eigenvalue weighted by molar-refractivity contribution is 0.0602. The Morgan fingerprint density at radius 1 is 1.53 bits per heavy atom. The zero-order valence-corrected chi connectivity index (χ0v) is 9.08. The van der Waals surface area contributed by atoms with Gasteiger partial charge >= 0.3 is 5.97 Å². The molecule has 2 rings (SSSR count). The van der Waals surface area contributed by atoms with Gasteiger partial charge in [-0.1, -0.05) is 6.07 Å². The number of imidazole rings is 1. The molecule has 0 spiro atoms. The van der Waals surface area contributed by atoms with Gasteiger partial charge in [0, 0.05) is 7.05 Å². The van der Waals surface area contributed by atoms with E-state index in [0.29, 0.717) is 21.9 Å². The summed E-state index contributed by atoms with van der Waals surface area (Å²) in [7, 11) is 3.10. The van der Waals surface area contributed by atoms with Gasteiger partial charge < -0.3 is 9.30 Å². The summed E-state index contributed by atoms with van der Waals surface area (Å²) in [5.41, 5.74) is 1.84. The third-order valence-electron chi connectivity index (χ3n) is 2.24. The third-order valence-corrected chi connectivity index (χ3v) is 2.58. The minimum Gasteiger partial charge on any atom is -0.465 e. The van der Waals surface area contributed by atoms with Crippen LogP contribution in [0, 0.1) is 0 Å². The lowest BCUT2D eigenvalue weighted by atomic mass is 10.2. The fraction of sp³-hybridized carbons (Fsp3) is 0.200. The highest BCUT2D eigenvalue weighted by Crippen LogP contribution is 2.22. The van der Waals surface area contributed by atoms with Crippen molar-refractivity contribution in [2.75, 3.05) is 7.11 Å². The number of methoxy groups -OCH3 is 1. The molecule has 0 N–H and O–H groups in total. The zero-order valence-electron chi connectivity index (χ0n) is 8.32. The molecule has 0 radical (unpaired) electrons. The van der Waals surface area contributed by atoms with E-state index in [1.807, 2.05) is 0 Å². The van der Waals surface area contributed by atoms with E-state index in [4.69, 9.17) is 11.6 Å². The van der Waals surface area contributed by atoms with Crippen molar-refractivity contribution >= 4 is 28.6 Å². The molecule has 78 valence electrons. The largest absolute Gasteiger partial charge is 0.465 e. The number of hydrogen-bond donors (Lipinski definition) is 0. The third kappa shape index (κ3) is 1.47. The molecule has 0 bridgehead atoms. The molecule has 0 aliphatic heterocycles. The van der Waals surface area contributed by atoms with Gasteiger partial charge in [0.25, 0.3) is 0 Å². The summed E-state index contributed by atoms with van der Waals surface area (Å²) in [6, 6.07) is 5.23. The van der Waals surface area contributed by atoms with Crippen molar-refractivity contribution in [2.24, 2.45) is 7.05 Å². The van der Waals surface area contributed by atoms with E-state index in [1.165, 1.54) is 7.11 Å². The van der Waals surface area contributed by atoms with Crippen molar-refractivity contribution in [2.45, 2.75) is 0 Å². The smallest absolute Gasteiger partial charge is 0.340 e. The number of hydrogen-bond acceptors (Lipinski definition) is 3. The Morgan fingerprint density at radius 3 is 2.93 bits per heavy atom. The van der Waals surface area contributed by atoms with Crippen LogP contribution in [0.3, 0.4) is 0 Å². The Bertz CT molecular complexity index is 533. The van der Waals surface area contributed by atoms with Gasteiger partial charge in [0.2, 0.25) is 5.28 Å². The molecule has 15 heavy (non-hydrogen) atoms. The minimum atomic E-state index is -0.389. The van der Waals surface area contributed by atoms with E-state index in [1.54, 1.807) is 29.8 Å². The molecule has 0 atom stereocenters. The second kappa shape index (κ2) is 3.55. The van der Waals surface area contributed by atoms with Crippen LogP contribution in [0.1, 0.15) is 10.4 Å². The molecule has 0 saturated carbocycles. The molecule has 1 aromatic carbocycles. The highest BCUT2D eigenvalue weighted by molar-refractivity contribution is 6.29. The highest BCUT2D eigenvalue weighted by atomic mass is 35.5. The van der Waals surface area contributed by atoms with Crippen LogP contribution in [0.25, 0.3) is 11.0 Å². The first-order chi connectivity index (χ1) is 7.15. The van der Waals surface area contributed by atoms with Crippen molar-refractivity contribution in [1.29, 1.82) is 0 Å². The van der Waals surface area contributed by atoms with Crippen LogP contribution in [0.2, 0.25) is 5.28 Å². The molecular weight excluding hydrogens is 216 g/mol. The van der Waals surface area contributed by atoms with E-state index >= 15 is 0 Å². The maximum absolute atomic E-state index is 11.5. The number of aromatic nitrogens is 2. The summed E-state index contributed by atoms with van der Waals surface area (Å²) < 4.78 is 6.34. The average Bonchev–Trinajstić information content (AvgIpc) is 2.54. The fourth-order valence-electron chi connectivity index (χ4n) is 1.52. The maximum atomic E-state index is 11.5. The van der Waals surface area contributed by atoms with Gasteiger partial charge in [0.05, 0.1) is 23.7 Å². The van der Waals surface area contributed by atoms with E-state index in [-0.39, 0.29) is 5.97 Å². The molecule has 4 nitrogen and oxygen atoms in total. The standard InChI is InChI=1S/C10H9ClN2O2/c1-13-8-6(9(14)15-2)4-3-5-7(8)12-10(13)11/h3-5H,1-2H3. The lowest BCUT2D eigenvalue weighted by Gasteiger charge is -2.02. The highest BCUT2D eigenvalue weighted by Gasteiger charge is 2.15. The summed E-state index contributed by atoms with van der Waals surface area (Å²) >= 11 is 5.87. The topological polar surface area (TPSA) is 44.1 Å². The Labute approximate surface area is 91.4 Å². The number of nitrogens with zero attached hydrogens (tertiary/aromatic N) is 2. The molecule has 0 unspecified atom stereocenters. The number of benzene rings is 1. The summed E-state index contributed by atoms with van der Waals surface area (Å²) in [4.78, 5) is 15.6. The Hall–Kier alpha value is -1.55. The molecule has 1 aromatic heterocycles. The van der Waals surface area contributed by atoms with Crippen molar-refractivity contribution in [1.82, 2.24) is 9.55 Å². The first-order valence-electron chi connectivity index (χ1n) is 4.34. The normalized spacial score (nSPS) is 10.6. The molecule has 0 fully saturated rings. The van der Waals surface area contributed by atoms with E-state index < -0.39 is 0 Å². The van der Waals surface area contributed by atoms with Crippen molar-refractivity contribution in [3.8, 4) is 0 Å². The van der Waals surface area contributed by atoms with Crippen LogP contribution in [0.15, 0.2) is 18.2 Å². The van der Waals surface area contributed by atoms with Crippen LogP contribution in [0.5, 0.6) is 0 Å². The van der Waals surface area contributed by atoms with E-state index in [2.05, 4.69) is 9.72 Å². The van der Waals surface area contributed by atoms with Gasteiger partial charge in [0.1, 0.15) is 0 Å². The fourth-order valence-corrected chi connectivity index (χ4v) is 1.69. The van der Waals surface area contributed by atoms with Gasteiger partial charge in [-0.15, -0.1) is 0 Å². The summed E-state index contributed by atoms with van der Waals surface area (Å²) in [6.45, 7) is 0. The quantitative estimate of drug-likeness (QED) is 0.696. The number of carbonyl (C=O) groups is 1. The van der Waals surface area contributed by atoms with Gasteiger partial charge in [-0.3, -0.25) is 0 Å². The first kappa shape index (κ1) is 9.98. The zero-order chi connectivity index (χ0) is 11.0. The number of fused-ring (bicyclic) bond motifs is 1. The van der Waals surface area contributed by atoms with Gasteiger partial charge in [-0.25, -0.2) is 9.78 Å². The van der Waals surface area contributed by atoms with Crippen LogP contribution in [0.4, 0.5) is 0 Å². The number of carbonyl (C=O) groups excluding carboxylic acids is 1. The molecule has 2 aromatic rings. The van der Waals surface area contributed by atoms with Crippen LogP contribution < -0.4 is 0 Å². The second-order valence-corrected chi connectivity index (χ2v) is 3.44. The molecule has 0 amide bonds. The van der Waals surface area contributed by atoms with Gasteiger partial charge in [-0.05, 0) is 23.7 Å². The monoisotopic (exact) mass is 224 g/mol. The molecular formula is C10H9ClN2O2. The van der Waals surface area contributed by atoms with E-state index in [0.717, 1.165) is 0 Å². The SMILES string of the molecule is COC(=O)c1cccc2nc(Cl)n(C)c12. The summed E-state index contributed by atoms with van der Waals surface area (Å²) in [5.74, 6) is -0.389. The number of halogens is 1. The van der Waals surface area contributed by atoms with Gasteiger partial charge in [-0.2, -0.15) is 0 Å². The molecule has 0 aliphatic rings. The summed E-state index contributed by atoms with van der Waals surface area (Å²) in [5, 5.41) is 0.348. The molecule has 1 heterocycles. The minimum absolute atomic E-state index is 0.348. The molecule has 0 aliphatic carbocycles. The van der Waals surface area contributed by atoms with Crippen LogP contribution in [-0.4, -0.2) is 22.6 Å². The molecule has 0 saturated heterocycles. The maximum Gasteiger partial charge on any atom is 0.340 e. The second-order valence-electron chi connectivity index (χ2n) is 3.10. The first-order valence-corrected chi connectivity index (χ1v) is 4.72. The van der Waals surface area contributed by atoms with Crippen molar-refractivity contribution < 1.29 is 9.53 Å². The van der Waals surface area contributed by atoms with E-state index in [9.17, 15) is 4.79 Å². The predicted molar refractivity (Wildman–Crippen MR) is 57.1 cm³/mol. The number of rotatable bonds is 1. The number of esters is 1.